The first kappa shape index (κ1) is 11.9. The highest BCUT2D eigenvalue weighted by Crippen LogP contribution is 2.15. The van der Waals surface area contributed by atoms with Crippen molar-refractivity contribution >= 4 is 17.3 Å². The van der Waals surface area contributed by atoms with Gasteiger partial charge in [-0.05, 0) is 25.1 Å². The molecule has 0 aliphatic rings. The summed E-state index contributed by atoms with van der Waals surface area (Å²) in [5, 5.41) is 12.1. The third-order valence-electron chi connectivity index (χ3n) is 2.36. The van der Waals surface area contributed by atoms with Crippen molar-refractivity contribution in [3.05, 3.63) is 45.5 Å². The maximum absolute atomic E-state index is 10.8. The quantitative estimate of drug-likeness (QED) is 0.857. The van der Waals surface area contributed by atoms with Crippen LogP contribution in [0.5, 0.6) is 0 Å². The van der Waals surface area contributed by atoms with E-state index in [1.165, 1.54) is 22.1 Å². The fraction of sp³-hybridized carbons (Fsp3) is 0.250. The lowest BCUT2D eigenvalue weighted by Crippen LogP contribution is -2.13. The number of carbonyl (C=O) groups is 1. The molecule has 5 heteroatoms. The van der Waals surface area contributed by atoms with E-state index in [0.717, 1.165) is 6.54 Å². The minimum Gasteiger partial charge on any atom is -0.478 e. The molecule has 2 aromatic rings. The van der Waals surface area contributed by atoms with E-state index in [0.29, 0.717) is 12.3 Å². The molecule has 4 nitrogen and oxygen atoms in total. The molecular weight excluding hydrogens is 238 g/mol. The van der Waals surface area contributed by atoms with Gasteiger partial charge in [-0.15, -0.1) is 11.3 Å². The summed E-state index contributed by atoms with van der Waals surface area (Å²) in [7, 11) is 0. The zero-order chi connectivity index (χ0) is 12.3. The normalized spacial score (nSPS) is 10.6. The van der Waals surface area contributed by atoms with Gasteiger partial charge in [0.05, 0.1) is 12.8 Å². The van der Waals surface area contributed by atoms with Gasteiger partial charge in [0, 0.05) is 16.3 Å². The van der Waals surface area contributed by atoms with Crippen LogP contribution in [-0.4, -0.2) is 11.1 Å². The summed E-state index contributed by atoms with van der Waals surface area (Å²) < 4.78 is 5.13. The number of thiophene rings is 1. The van der Waals surface area contributed by atoms with Gasteiger partial charge in [0.1, 0.15) is 11.3 Å². The molecule has 90 valence electrons. The summed E-state index contributed by atoms with van der Waals surface area (Å²) in [4.78, 5) is 13.3. The molecule has 0 saturated heterocycles. The number of hydrogen-bond donors (Lipinski definition) is 2. The minimum atomic E-state index is -0.956. The average molecular weight is 251 g/mol. The first-order valence-corrected chi connectivity index (χ1v) is 6.04. The lowest BCUT2D eigenvalue weighted by Gasteiger charge is -2.01. The number of rotatable bonds is 5. The van der Waals surface area contributed by atoms with Gasteiger partial charge in [-0.2, -0.15) is 0 Å². The summed E-state index contributed by atoms with van der Waals surface area (Å²) in [6.45, 7) is 3.20. The van der Waals surface area contributed by atoms with E-state index in [1.54, 1.807) is 11.3 Å². The van der Waals surface area contributed by atoms with Crippen LogP contribution in [0.1, 0.15) is 25.9 Å². The van der Waals surface area contributed by atoms with Gasteiger partial charge in [-0.3, -0.25) is 0 Å². The Bertz CT molecular complexity index is 515. The molecule has 0 amide bonds. The molecule has 2 N–H and O–H groups in total. The molecule has 2 aromatic heterocycles. The summed E-state index contributed by atoms with van der Waals surface area (Å²) in [5.74, 6) is -0.492. The van der Waals surface area contributed by atoms with Crippen molar-refractivity contribution in [2.45, 2.75) is 20.0 Å². The Labute approximate surface area is 103 Å². The van der Waals surface area contributed by atoms with Gasteiger partial charge in [0.25, 0.3) is 0 Å². The van der Waals surface area contributed by atoms with Crippen molar-refractivity contribution in [2.75, 3.05) is 0 Å². The Morgan fingerprint density at radius 2 is 2.24 bits per heavy atom. The van der Waals surface area contributed by atoms with E-state index < -0.39 is 5.97 Å². The molecule has 0 atom stereocenters. The van der Waals surface area contributed by atoms with E-state index in [1.807, 2.05) is 0 Å². The van der Waals surface area contributed by atoms with Crippen LogP contribution in [-0.2, 0) is 13.1 Å². The Kier molecular flexibility index (Phi) is 3.61. The Balaban J connectivity index is 1.90. The zero-order valence-corrected chi connectivity index (χ0v) is 10.2. The van der Waals surface area contributed by atoms with Crippen molar-refractivity contribution in [3.63, 3.8) is 0 Å². The molecule has 0 saturated carbocycles. The number of hydrogen-bond acceptors (Lipinski definition) is 4. The van der Waals surface area contributed by atoms with Crippen LogP contribution >= 0.6 is 11.3 Å². The van der Waals surface area contributed by atoms with Crippen molar-refractivity contribution in [1.82, 2.24) is 5.32 Å². The molecule has 0 aromatic carbocycles. The van der Waals surface area contributed by atoms with Crippen molar-refractivity contribution < 1.29 is 14.3 Å². The largest absolute Gasteiger partial charge is 0.478 e. The molecule has 0 aliphatic carbocycles. The van der Waals surface area contributed by atoms with Crippen LogP contribution in [0, 0.1) is 6.92 Å². The summed E-state index contributed by atoms with van der Waals surface area (Å²) in [6, 6.07) is 5.60. The van der Waals surface area contributed by atoms with Gasteiger partial charge in [-0.25, -0.2) is 4.79 Å². The van der Waals surface area contributed by atoms with E-state index in [-0.39, 0.29) is 5.56 Å². The molecule has 0 radical (unpaired) electrons. The standard InChI is InChI=1S/C12H13NO3S/c1-8-2-3-9(17-8)6-13-7-11-10(12(14)15)4-5-16-11/h2-5,13H,6-7H2,1H3,(H,14,15). The molecule has 2 rings (SSSR count). The highest BCUT2D eigenvalue weighted by atomic mass is 32.1. The first-order chi connectivity index (χ1) is 8.16. The predicted molar refractivity (Wildman–Crippen MR) is 65.3 cm³/mol. The minimum absolute atomic E-state index is 0.222. The maximum atomic E-state index is 10.8. The van der Waals surface area contributed by atoms with Crippen molar-refractivity contribution in [2.24, 2.45) is 0 Å². The van der Waals surface area contributed by atoms with Crippen LogP contribution in [0.15, 0.2) is 28.9 Å². The number of aromatic carboxylic acids is 1. The zero-order valence-electron chi connectivity index (χ0n) is 9.40. The number of aryl methyl sites for hydroxylation is 1. The fourth-order valence-electron chi connectivity index (χ4n) is 1.55. The molecule has 0 bridgehead atoms. The monoisotopic (exact) mass is 251 g/mol. The SMILES string of the molecule is Cc1ccc(CNCc2occc2C(=O)O)s1. The summed E-state index contributed by atoms with van der Waals surface area (Å²) in [6.07, 6.45) is 1.40. The lowest BCUT2D eigenvalue weighted by molar-refractivity contribution is 0.0694. The van der Waals surface area contributed by atoms with Gasteiger partial charge in [0.2, 0.25) is 0 Å². The molecule has 0 fully saturated rings. The van der Waals surface area contributed by atoms with Gasteiger partial charge in [-0.1, -0.05) is 0 Å². The summed E-state index contributed by atoms with van der Waals surface area (Å²) in [5.41, 5.74) is 0.222. The van der Waals surface area contributed by atoms with Gasteiger partial charge >= 0.3 is 5.97 Å². The second-order valence-corrected chi connectivity index (χ2v) is 5.05. The number of furan rings is 1. The highest BCUT2D eigenvalue weighted by Gasteiger charge is 2.12. The first-order valence-electron chi connectivity index (χ1n) is 5.22. The maximum Gasteiger partial charge on any atom is 0.339 e. The highest BCUT2D eigenvalue weighted by molar-refractivity contribution is 7.11. The molecule has 0 spiro atoms. The number of carboxylic acid groups (broad SMARTS) is 1. The van der Waals surface area contributed by atoms with Crippen molar-refractivity contribution in [3.8, 4) is 0 Å². The molecule has 0 unspecified atom stereocenters. The molecule has 17 heavy (non-hydrogen) atoms. The smallest absolute Gasteiger partial charge is 0.339 e. The third kappa shape index (κ3) is 2.95. The fourth-order valence-corrected chi connectivity index (χ4v) is 2.41. The lowest BCUT2D eigenvalue weighted by atomic mass is 10.2. The number of nitrogens with one attached hydrogen (secondary N) is 1. The van der Waals surface area contributed by atoms with Crippen LogP contribution in [0.2, 0.25) is 0 Å². The molecular formula is C12H13NO3S. The van der Waals surface area contributed by atoms with Gasteiger partial charge in [0.15, 0.2) is 0 Å². The van der Waals surface area contributed by atoms with E-state index in [4.69, 9.17) is 9.52 Å². The second-order valence-electron chi connectivity index (χ2n) is 3.68. The molecule has 2 heterocycles. The molecule has 0 aliphatic heterocycles. The topological polar surface area (TPSA) is 62.5 Å². The van der Waals surface area contributed by atoms with Crippen LogP contribution in [0.25, 0.3) is 0 Å². The van der Waals surface area contributed by atoms with E-state index >= 15 is 0 Å². The van der Waals surface area contributed by atoms with Crippen LogP contribution in [0.3, 0.4) is 0 Å². The predicted octanol–water partition coefficient (Wildman–Crippen LogP) is 2.64. The van der Waals surface area contributed by atoms with E-state index in [9.17, 15) is 4.79 Å². The third-order valence-corrected chi connectivity index (χ3v) is 3.36. The number of carboxylic acids is 1. The summed E-state index contributed by atoms with van der Waals surface area (Å²) >= 11 is 1.73. The van der Waals surface area contributed by atoms with Crippen LogP contribution in [0.4, 0.5) is 0 Å². The Morgan fingerprint density at radius 3 is 2.88 bits per heavy atom. The van der Waals surface area contributed by atoms with Crippen LogP contribution < -0.4 is 5.32 Å². The Hall–Kier alpha value is -1.59. The Morgan fingerprint density at radius 1 is 1.41 bits per heavy atom. The second kappa shape index (κ2) is 5.16. The van der Waals surface area contributed by atoms with Gasteiger partial charge < -0.3 is 14.8 Å². The van der Waals surface area contributed by atoms with E-state index in [2.05, 4.69) is 24.4 Å². The van der Waals surface area contributed by atoms with Crippen molar-refractivity contribution in [1.29, 1.82) is 0 Å². The average Bonchev–Trinajstić information content (AvgIpc) is 2.87.